The van der Waals surface area contributed by atoms with E-state index in [4.69, 9.17) is 14.6 Å². The maximum atomic E-state index is 10.6. The quantitative estimate of drug-likeness (QED) is 0.391. The van der Waals surface area contributed by atoms with Crippen LogP contribution in [-0.4, -0.2) is 52.2 Å². The van der Waals surface area contributed by atoms with Crippen LogP contribution in [0.25, 0.3) is 11.3 Å². The Labute approximate surface area is 197 Å². The van der Waals surface area contributed by atoms with Gasteiger partial charge in [0.2, 0.25) is 5.88 Å². The van der Waals surface area contributed by atoms with Gasteiger partial charge < -0.3 is 14.6 Å². The van der Waals surface area contributed by atoms with E-state index >= 15 is 0 Å². The lowest BCUT2D eigenvalue weighted by atomic mass is 10.1. The number of para-hydroxylation sites is 1. The normalized spacial score (nSPS) is 12.5. The van der Waals surface area contributed by atoms with E-state index in [1.54, 1.807) is 4.68 Å². The molecule has 1 N–H and O–H groups in total. The molecule has 0 unspecified atom stereocenters. The summed E-state index contributed by atoms with van der Waals surface area (Å²) < 4.78 is 13.8. The monoisotopic (exact) mass is 451 g/mol. The fraction of sp³-hybridized carbons (Fsp3) is 0.444. The minimum atomic E-state index is -0.550. The number of rotatable bonds is 13. The van der Waals surface area contributed by atoms with Gasteiger partial charge in [-0.3, -0.25) is 4.90 Å². The minimum absolute atomic E-state index is 0.338. The Balaban J connectivity index is 1.87. The molecule has 3 rings (SSSR count). The van der Waals surface area contributed by atoms with Gasteiger partial charge in [0, 0.05) is 32.3 Å². The molecule has 6 heteroatoms. The Morgan fingerprint density at radius 1 is 1.00 bits per heavy atom. The zero-order chi connectivity index (χ0) is 23.6. The van der Waals surface area contributed by atoms with Gasteiger partial charge in [0.05, 0.1) is 18.3 Å². The Kier molecular flexibility index (Phi) is 9.48. The van der Waals surface area contributed by atoms with Gasteiger partial charge in [-0.25, -0.2) is 4.68 Å². The summed E-state index contributed by atoms with van der Waals surface area (Å²) in [5.74, 6) is 1.93. The fourth-order valence-electron chi connectivity index (χ4n) is 3.82. The minimum Gasteiger partial charge on any atom is -0.439 e. The van der Waals surface area contributed by atoms with Crippen molar-refractivity contribution in [2.75, 3.05) is 26.3 Å². The number of aliphatic hydroxyl groups excluding tert-OH is 1. The van der Waals surface area contributed by atoms with Crippen molar-refractivity contribution in [3.8, 4) is 22.9 Å². The number of aromatic nitrogens is 2. The van der Waals surface area contributed by atoms with E-state index in [0.29, 0.717) is 38.1 Å². The van der Waals surface area contributed by atoms with E-state index in [1.165, 1.54) is 0 Å². The second-order valence-electron chi connectivity index (χ2n) is 8.86. The van der Waals surface area contributed by atoms with Crippen LogP contribution in [-0.2, 0) is 18.3 Å². The number of hydrogen-bond donors (Lipinski definition) is 1. The second kappa shape index (κ2) is 12.5. The first-order chi connectivity index (χ1) is 16.0. The van der Waals surface area contributed by atoms with E-state index in [1.807, 2.05) is 55.6 Å². The summed E-state index contributed by atoms with van der Waals surface area (Å²) in [5.41, 5.74) is 2.95. The molecule has 1 atom stereocenters. The number of aryl methyl sites for hydroxylation is 1. The predicted molar refractivity (Wildman–Crippen MR) is 132 cm³/mol. The summed E-state index contributed by atoms with van der Waals surface area (Å²) in [6.45, 7) is 9.36. The first-order valence-electron chi connectivity index (χ1n) is 11.8. The summed E-state index contributed by atoms with van der Waals surface area (Å²) in [6.07, 6.45) is 0.431. The highest BCUT2D eigenvalue weighted by molar-refractivity contribution is 5.65. The first kappa shape index (κ1) is 25.0. The molecule has 2 aromatic carbocycles. The first-order valence-corrected chi connectivity index (χ1v) is 11.8. The summed E-state index contributed by atoms with van der Waals surface area (Å²) in [5, 5.41) is 15.4. The summed E-state index contributed by atoms with van der Waals surface area (Å²) in [6, 6.07) is 19.9. The van der Waals surface area contributed by atoms with E-state index < -0.39 is 6.10 Å². The molecule has 0 radical (unpaired) electrons. The van der Waals surface area contributed by atoms with Crippen LogP contribution in [0.4, 0.5) is 0 Å². The Morgan fingerprint density at radius 3 is 2.30 bits per heavy atom. The molecule has 0 amide bonds. The highest BCUT2D eigenvalue weighted by atomic mass is 16.5. The third-order valence-corrected chi connectivity index (χ3v) is 5.24. The summed E-state index contributed by atoms with van der Waals surface area (Å²) >= 11 is 0. The average molecular weight is 452 g/mol. The standard InChI is InChI=1S/C27H37N3O3/c1-5-16-30(17-23(31)20-32-19-21(2)3)18-25-26(22-12-8-6-9-13-22)28-29(4)27(25)33-24-14-10-7-11-15-24/h6-15,21,23,31H,5,16-20H2,1-4H3/t23-/m0/s1. The maximum Gasteiger partial charge on any atom is 0.222 e. The number of ether oxygens (including phenoxy) is 2. The Hall–Kier alpha value is -2.67. The molecule has 33 heavy (non-hydrogen) atoms. The van der Waals surface area contributed by atoms with Crippen molar-refractivity contribution in [2.24, 2.45) is 13.0 Å². The molecule has 0 aliphatic heterocycles. The van der Waals surface area contributed by atoms with E-state index in [9.17, 15) is 5.11 Å². The molecule has 0 aliphatic carbocycles. The molecule has 178 valence electrons. The van der Waals surface area contributed by atoms with Crippen LogP contribution in [0.3, 0.4) is 0 Å². The van der Waals surface area contributed by atoms with Crippen LogP contribution < -0.4 is 4.74 Å². The molecule has 6 nitrogen and oxygen atoms in total. The fourth-order valence-corrected chi connectivity index (χ4v) is 3.82. The molecule has 0 fully saturated rings. The van der Waals surface area contributed by atoms with Crippen molar-refractivity contribution >= 4 is 0 Å². The van der Waals surface area contributed by atoms with Crippen molar-refractivity contribution in [2.45, 2.75) is 39.8 Å². The molecule has 0 spiro atoms. The third-order valence-electron chi connectivity index (χ3n) is 5.24. The van der Waals surface area contributed by atoms with Crippen molar-refractivity contribution in [1.82, 2.24) is 14.7 Å². The van der Waals surface area contributed by atoms with Crippen LogP contribution in [0.15, 0.2) is 60.7 Å². The van der Waals surface area contributed by atoms with Gasteiger partial charge in [-0.1, -0.05) is 69.3 Å². The maximum absolute atomic E-state index is 10.6. The van der Waals surface area contributed by atoms with Gasteiger partial charge in [0.1, 0.15) is 11.4 Å². The van der Waals surface area contributed by atoms with E-state index in [0.717, 1.165) is 35.5 Å². The smallest absolute Gasteiger partial charge is 0.222 e. The van der Waals surface area contributed by atoms with Crippen LogP contribution in [0, 0.1) is 5.92 Å². The number of aliphatic hydroxyl groups is 1. The van der Waals surface area contributed by atoms with Gasteiger partial charge in [-0.15, -0.1) is 0 Å². The van der Waals surface area contributed by atoms with Gasteiger partial charge in [-0.05, 0) is 31.0 Å². The number of benzene rings is 2. The number of nitrogens with zero attached hydrogens (tertiary/aromatic N) is 3. The lowest BCUT2D eigenvalue weighted by Crippen LogP contribution is -2.35. The third kappa shape index (κ3) is 7.42. The van der Waals surface area contributed by atoms with Gasteiger partial charge in [0.25, 0.3) is 0 Å². The average Bonchev–Trinajstić information content (AvgIpc) is 3.10. The van der Waals surface area contributed by atoms with Gasteiger partial charge >= 0.3 is 0 Å². The lowest BCUT2D eigenvalue weighted by molar-refractivity contribution is 0.00685. The highest BCUT2D eigenvalue weighted by Gasteiger charge is 2.23. The zero-order valence-electron chi connectivity index (χ0n) is 20.3. The molecule has 0 aliphatic rings. The summed E-state index contributed by atoms with van der Waals surface area (Å²) in [4.78, 5) is 2.25. The van der Waals surface area contributed by atoms with E-state index in [-0.39, 0.29) is 0 Å². The van der Waals surface area contributed by atoms with Crippen molar-refractivity contribution < 1.29 is 14.6 Å². The zero-order valence-corrected chi connectivity index (χ0v) is 20.3. The Morgan fingerprint density at radius 2 is 1.67 bits per heavy atom. The second-order valence-corrected chi connectivity index (χ2v) is 8.86. The van der Waals surface area contributed by atoms with Crippen molar-refractivity contribution in [3.05, 3.63) is 66.2 Å². The van der Waals surface area contributed by atoms with Crippen molar-refractivity contribution in [3.63, 3.8) is 0 Å². The van der Waals surface area contributed by atoms with Crippen LogP contribution in [0.1, 0.15) is 32.8 Å². The van der Waals surface area contributed by atoms with Gasteiger partial charge in [0.15, 0.2) is 0 Å². The molecule has 1 aromatic heterocycles. The van der Waals surface area contributed by atoms with E-state index in [2.05, 4.69) is 37.8 Å². The molecule has 0 saturated carbocycles. The topological polar surface area (TPSA) is 59.8 Å². The lowest BCUT2D eigenvalue weighted by Gasteiger charge is -2.25. The molecule has 0 bridgehead atoms. The largest absolute Gasteiger partial charge is 0.439 e. The molecule has 1 heterocycles. The SMILES string of the molecule is CCCN(Cc1c(-c2ccccc2)nn(C)c1Oc1ccccc1)C[C@H](O)COCC(C)C. The predicted octanol–water partition coefficient (Wildman–Crippen LogP) is 5.12. The Bertz CT molecular complexity index is 958. The highest BCUT2D eigenvalue weighted by Crippen LogP contribution is 2.34. The van der Waals surface area contributed by atoms with Crippen LogP contribution in [0.5, 0.6) is 11.6 Å². The van der Waals surface area contributed by atoms with Crippen LogP contribution >= 0.6 is 0 Å². The summed E-state index contributed by atoms with van der Waals surface area (Å²) in [7, 11) is 1.91. The molecular formula is C27H37N3O3. The van der Waals surface area contributed by atoms with Crippen molar-refractivity contribution in [1.29, 1.82) is 0 Å². The van der Waals surface area contributed by atoms with Gasteiger partial charge in [-0.2, -0.15) is 5.10 Å². The molecule has 0 saturated heterocycles. The molecule has 3 aromatic rings. The van der Waals surface area contributed by atoms with Crippen LogP contribution in [0.2, 0.25) is 0 Å². The molecular weight excluding hydrogens is 414 g/mol. The number of hydrogen-bond acceptors (Lipinski definition) is 5.